The van der Waals surface area contributed by atoms with Gasteiger partial charge in [-0.05, 0) is 18.9 Å². The van der Waals surface area contributed by atoms with Crippen LogP contribution in [0, 0.1) is 24.2 Å². The number of carbonyl (C=O) groups is 1. The Kier molecular flexibility index (Phi) is 6.22. The number of nitriles is 1. The minimum absolute atomic E-state index is 0.0366. The van der Waals surface area contributed by atoms with E-state index in [-0.39, 0.29) is 32.1 Å². The molecule has 0 radical (unpaired) electrons. The van der Waals surface area contributed by atoms with Crippen molar-refractivity contribution in [3.8, 4) is 6.07 Å². The van der Waals surface area contributed by atoms with E-state index in [1.165, 1.54) is 12.4 Å². The first kappa shape index (κ1) is 20.5. The number of hydrogen-bond acceptors (Lipinski definition) is 6. The highest BCUT2D eigenvalue weighted by Crippen LogP contribution is 2.33. The van der Waals surface area contributed by atoms with Crippen LogP contribution in [0.15, 0.2) is 36.7 Å². The summed E-state index contributed by atoms with van der Waals surface area (Å²) in [7, 11) is 0. The molecule has 7 nitrogen and oxygen atoms in total. The van der Waals surface area contributed by atoms with Gasteiger partial charge in [-0.1, -0.05) is 29.8 Å². The molecule has 0 spiro atoms. The van der Waals surface area contributed by atoms with Gasteiger partial charge in [0.2, 0.25) is 5.95 Å². The van der Waals surface area contributed by atoms with Crippen LogP contribution in [0.5, 0.6) is 0 Å². The van der Waals surface area contributed by atoms with Gasteiger partial charge >= 0.3 is 6.09 Å². The molecular formula is C20H21F2N5O2. The molecule has 29 heavy (non-hydrogen) atoms. The van der Waals surface area contributed by atoms with Crippen LogP contribution in [0.2, 0.25) is 0 Å². The quantitative estimate of drug-likeness (QED) is 0.826. The molecule has 3 rings (SSSR count). The van der Waals surface area contributed by atoms with Crippen LogP contribution in [-0.2, 0) is 11.3 Å². The Morgan fingerprint density at radius 1 is 1.34 bits per heavy atom. The number of nitrogens with one attached hydrogen (secondary N) is 1. The fourth-order valence-corrected chi connectivity index (χ4v) is 3.00. The summed E-state index contributed by atoms with van der Waals surface area (Å²) in [6.07, 6.45) is 2.02. The normalized spacial score (nSPS) is 18.0. The molecular weight excluding hydrogens is 380 g/mol. The van der Waals surface area contributed by atoms with E-state index >= 15 is 0 Å². The Hall–Kier alpha value is -3.28. The lowest BCUT2D eigenvalue weighted by molar-refractivity contribution is -0.102. The summed E-state index contributed by atoms with van der Waals surface area (Å²) in [5, 5.41) is 11.5. The smallest absolute Gasteiger partial charge is 0.410 e. The van der Waals surface area contributed by atoms with Gasteiger partial charge in [0.25, 0.3) is 5.92 Å². The Bertz CT molecular complexity index is 881. The monoisotopic (exact) mass is 401 g/mol. The molecule has 1 aliphatic heterocycles. The van der Waals surface area contributed by atoms with Crippen LogP contribution in [-0.4, -0.2) is 46.5 Å². The highest BCUT2D eigenvalue weighted by molar-refractivity contribution is 5.68. The predicted molar refractivity (Wildman–Crippen MR) is 101 cm³/mol. The predicted octanol–water partition coefficient (Wildman–Crippen LogP) is 3.36. The van der Waals surface area contributed by atoms with Crippen LogP contribution in [0.3, 0.4) is 0 Å². The first-order valence-corrected chi connectivity index (χ1v) is 9.18. The number of aromatic nitrogens is 2. The third-order valence-electron chi connectivity index (χ3n) is 4.78. The van der Waals surface area contributed by atoms with E-state index in [1.807, 2.05) is 37.3 Å². The maximum atomic E-state index is 14.5. The second-order valence-electron chi connectivity index (χ2n) is 7.00. The molecule has 0 bridgehead atoms. The van der Waals surface area contributed by atoms with Gasteiger partial charge < -0.3 is 15.0 Å². The molecule has 1 aliphatic rings. The van der Waals surface area contributed by atoms with Crippen molar-refractivity contribution in [2.45, 2.75) is 25.9 Å². The van der Waals surface area contributed by atoms with Crippen molar-refractivity contribution in [1.82, 2.24) is 14.9 Å². The molecule has 1 aromatic heterocycles. The number of benzene rings is 1. The summed E-state index contributed by atoms with van der Waals surface area (Å²) in [4.78, 5) is 21.0. The SMILES string of the molecule is Cc1ccc(COC(=O)N2CC[C@H](CNc3ncc(C#N)cn3)C(F)(F)C2)cc1. The summed E-state index contributed by atoms with van der Waals surface area (Å²) in [5.74, 6) is -3.86. The molecule has 0 saturated carbocycles. The molecule has 1 atom stereocenters. The van der Waals surface area contributed by atoms with E-state index in [2.05, 4.69) is 15.3 Å². The van der Waals surface area contributed by atoms with E-state index in [1.54, 1.807) is 0 Å². The number of hydrogen-bond donors (Lipinski definition) is 1. The van der Waals surface area contributed by atoms with Gasteiger partial charge in [-0.15, -0.1) is 0 Å². The number of likely N-dealkylation sites (tertiary alicyclic amines) is 1. The summed E-state index contributed by atoms with van der Waals surface area (Å²) >= 11 is 0. The average Bonchev–Trinajstić information content (AvgIpc) is 2.72. The molecule has 1 N–H and O–H groups in total. The maximum Gasteiger partial charge on any atom is 0.410 e. The van der Waals surface area contributed by atoms with Crippen LogP contribution >= 0.6 is 0 Å². The molecule has 1 fully saturated rings. The Morgan fingerprint density at radius 2 is 2.03 bits per heavy atom. The number of alkyl halides is 2. The number of nitrogens with zero attached hydrogens (tertiary/aromatic N) is 4. The van der Waals surface area contributed by atoms with Gasteiger partial charge in [0, 0.05) is 19.0 Å². The summed E-state index contributed by atoms with van der Waals surface area (Å²) < 4.78 is 34.2. The minimum Gasteiger partial charge on any atom is -0.445 e. The molecule has 0 aliphatic carbocycles. The highest BCUT2D eigenvalue weighted by Gasteiger charge is 2.46. The van der Waals surface area contributed by atoms with Crippen LogP contribution < -0.4 is 5.32 Å². The maximum absolute atomic E-state index is 14.5. The van der Waals surface area contributed by atoms with Gasteiger partial charge in [0.05, 0.1) is 24.5 Å². The van der Waals surface area contributed by atoms with E-state index in [0.29, 0.717) is 5.56 Å². The zero-order chi connectivity index (χ0) is 20.9. The fraction of sp³-hybridized carbons (Fsp3) is 0.400. The number of piperidine rings is 1. The molecule has 1 aromatic carbocycles. The first-order chi connectivity index (χ1) is 13.9. The van der Waals surface area contributed by atoms with Crippen LogP contribution in [0.4, 0.5) is 19.5 Å². The topological polar surface area (TPSA) is 91.1 Å². The van der Waals surface area contributed by atoms with Gasteiger partial charge in [-0.3, -0.25) is 0 Å². The zero-order valence-corrected chi connectivity index (χ0v) is 15.9. The van der Waals surface area contributed by atoms with E-state index < -0.39 is 24.5 Å². The minimum atomic E-state index is -3.07. The number of ether oxygens (including phenoxy) is 1. The molecule has 1 amide bonds. The van der Waals surface area contributed by atoms with Gasteiger partial charge in [0.1, 0.15) is 12.7 Å². The average molecular weight is 401 g/mol. The standard InChI is InChI=1S/C20H21F2N5O2/c1-14-2-4-15(5-3-14)12-29-19(28)27-7-6-17(20(21,22)13-27)11-26-18-24-9-16(8-23)10-25-18/h2-5,9-10,17H,6-7,11-13H2,1H3,(H,24,25,26)/t17-/m1/s1. The second-order valence-corrected chi connectivity index (χ2v) is 7.00. The number of anilines is 1. The van der Waals surface area contributed by atoms with Crippen LogP contribution in [0.25, 0.3) is 0 Å². The highest BCUT2D eigenvalue weighted by atomic mass is 19.3. The van der Waals surface area contributed by atoms with Crippen molar-refractivity contribution in [2.75, 3.05) is 25.0 Å². The van der Waals surface area contributed by atoms with Crippen molar-refractivity contribution in [1.29, 1.82) is 5.26 Å². The van der Waals surface area contributed by atoms with Crippen molar-refractivity contribution in [3.63, 3.8) is 0 Å². The molecule has 0 unspecified atom stereocenters. The third kappa shape index (κ3) is 5.38. The van der Waals surface area contributed by atoms with Gasteiger partial charge in [0.15, 0.2) is 0 Å². The third-order valence-corrected chi connectivity index (χ3v) is 4.78. The molecule has 2 heterocycles. The largest absolute Gasteiger partial charge is 0.445 e. The van der Waals surface area contributed by atoms with E-state index in [9.17, 15) is 13.6 Å². The number of rotatable bonds is 5. The molecule has 9 heteroatoms. The van der Waals surface area contributed by atoms with Crippen molar-refractivity contribution in [2.24, 2.45) is 5.92 Å². The van der Waals surface area contributed by atoms with Gasteiger partial charge in [-0.2, -0.15) is 5.26 Å². The number of halogens is 2. The lowest BCUT2D eigenvalue weighted by atomic mass is 9.93. The van der Waals surface area contributed by atoms with Crippen LogP contribution in [0.1, 0.15) is 23.1 Å². The Balaban J connectivity index is 1.50. The van der Waals surface area contributed by atoms with E-state index in [0.717, 1.165) is 16.0 Å². The van der Waals surface area contributed by atoms with Gasteiger partial charge in [-0.25, -0.2) is 23.5 Å². The Morgan fingerprint density at radius 3 is 2.66 bits per heavy atom. The fourth-order valence-electron chi connectivity index (χ4n) is 3.00. The zero-order valence-electron chi connectivity index (χ0n) is 15.9. The molecule has 2 aromatic rings. The number of carbonyl (C=O) groups excluding carboxylic acids is 1. The lowest BCUT2D eigenvalue weighted by Crippen LogP contribution is -2.52. The molecule has 1 saturated heterocycles. The summed E-state index contributed by atoms with van der Waals surface area (Å²) in [5.41, 5.74) is 2.18. The lowest BCUT2D eigenvalue weighted by Gasteiger charge is -2.37. The molecule has 152 valence electrons. The Labute approximate surface area is 167 Å². The van der Waals surface area contributed by atoms with Crippen molar-refractivity contribution >= 4 is 12.0 Å². The van der Waals surface area contributed by atoms with E-state index in [4.69, 9.17) is 10.00 Å². The van der Waals surface area contributed by atoms with Crippen molar-refractivity contribution in [3.05, 3.63) is 53.3 Å². The first-order valence-electron chi connectivity index (χ1n) is 9.18. The summed E-state index contributed by atoms with van der Waals surface area (Å²) in [6, 6.07) is 9.35. The summed E-state index contributed by atoms with van der Waals surface area (Å²) in [6.45, 7) is 1.45. The number of aryl methyl sites for hydroxylation is 1. The van der Waals surface area contributed by atoms with Crippen molar-refractivity contribution < 1.29 is 18.3 Å². The number of amides is 1. The second kappa shape index (κ2) is 8.82.